The van der Waals surface area contributed by atoms with Crippen LogP contribution in [0.4, 0.5) is 0 Å². The molecule has 2 aromatic heterocycles. The first-order chi connectivity index (χ1) is 32.7. The zero-order valence-electron chi connectivity index (χ0n) is 36.1. The molecule has 0 saturated heterocycles. The van der Waals surface area contributed by atoms with Gasteiger partial charge in [0.05, 0.1) is 22.1 Å². The SMILES string of the molecule is c1ccc(-c2cccc(-c3cccc(-c4ccc(-c5ccc(-n6c7ccccc7c7cc(-c8ccc9c(c8)c8ccccc8n9-c8ccc9ccccc9c8)ccc76)cc5)cc4)c3)c2)cc1. The van der Waals surface area contributed by atoms with E-state index in [0.717, 1.165) is 5.69 Å². The highest BCUT2D eigenvalue weighted by Gasteiger charge is 2.17. The average Bonchev–Trinajstić information content (AvgIpc) is 3.91. The summed E-state index contributed by atoms with van der Waals surface area (Å²) in [6.45, 7) is 0. The van der Waals surface area contributed by atoms with E-state index in [2.05, 4.69) is 264 Å². The van der Waals surface area contributed by atoms with Crippen molar-refractivity contribution >= 4 is 54.4 Å². The van der Waals surface area contributed by atoms with Gasteiger partial charge in [-0.15, -0.1) is 0 Å². The summed E-state index contributed by atoms with van der Waals surface area (Å²) >= 11 is 0. The zero-order chi connectivity index (χ0) is 43.6. The van der Waals surface area contributed by atoms with E-state index >= 15 is 0 Å². The van der Waals surface area contributed by atoms with Gasteiger partial charge in [0.2, 0.25) is 0 Å². The summed E-state index contributed by atoms with van der Waals surface area (Å²) in [5, 5.41) is 7.49. The van der Waals surface area contributed by atoms with Gasteiger partial charge in [0, 0.05) is 32.9 Å². The maximum atomic E-state index is 2.41. The molecule has 2 heterocycles. The molecule has 0 saturated carbocycles. The van der Waals surface area contributed by atoms with Crippen molar-refractivity contribution in [3.63, 3.8) is 0 Å². The van der Waals surface area contributed by atoms with Crippen LogP contribution in [0.3, 0.4) is 0 Å². The van der Waals surface area contributed by atoms with Gasteiger partial charge in [-0.25, -0.2) is 0 Å². The van der Waals surface area contributed by atoms with E-state index in [1.807, 2.05) is 0 Å². The van der Waals surface area contributed by atoms with Crippen LogP contribution in [0.15, 0.2) is 255 Å². The molecule has 66 heavy (non-hydrogen) atoms. The Morgan fingerprint density at radius 1 is 0.182 bits per heavy atom. The summed E-state index contributed by atoms with van der Waals surface area (Å²) in [4.78, 5) is 0. The summed E-state index contributed by atoms with van der Waals surface area (Å²) in [5.41, 5.74) is 19.2. The monoisotopic (exact) mass is 838 g/mol. The molecular weight excluding hydrogens is 797 g/mol. The molecule has 0 aliphatic rings. The first kappa shape index (κ1) is 37.8. The maximum absolute atomic E-state index is 2.41. The second kappa shape index (κ2) is 15.5. The minimum absolute atomic E-state index is 1.14. The van der Waals surface area contributed by atoms with Crippen LogP contribution in [0.25, 0.3) is 121 Å². The lowest BCUT2D eigenvalue weighted by molar-refractivity contribution is 1.18. The van der Waals surface area contributed by atoms with Crippen LogP contribution in [-0.4, -0.2) is 9.13 Å². The van der Waals surface area contributed by atoms with Gasteiger partial charge in [-0.05, 0) is 139 Å². The smallest absolute Gasteiger partial charge is 0.0541 e. The molecular formula is C64H42N2. The molecule has 13 aromatic rings. The largest absolute Gasteiger partial charge is 0.309 e. The first-order valence-corrected chi connectivity index (χ1v) is 22.7. The summed E-state index contributed by atoms with van der Waals surface area (Å²) in [7, 11) is 0. The molecule has 13 rings (SSSR count). The van der Waals surface area contributed by atoms with Gasteiger partial charge < -0.3 is 9.13 Å². The molecule has 0 fully saturated rings. The minimum Gasteiger partial charge on any atom is -0.309 e. The van der Waals surface area contributed by atoms with E-state index in [1.54, 1.807) is 0 Å². The Morgan fingerprint density at radius 2 is 0.545 bits per heavy atom. The highest BCUT2D eigenvalue weighted by atomic mass is 15.0. The molecule has 0 N–H and O–H groups in total. The molecule has 11 aromatic carbocycles. The van der Waals surface area contributed by atoms with Gasteiger partial charge in [0.25, 0.3) is 0 Å². The number of hydrogen-bond donors (Lipinski definition) is 0. The quantitative estimate of drug-likeness (QED) is 0.151. The van der Waals surface area contributed by atoms with Crippen LogP contribution < -0.4 is 0 Å². The molecule has 0 spiro atoms. The van der Waals surface area contributed by atoms with Gasteiger partial charge in [0.15, 0.2) is 0 Å². The van der Waals surface area contributed by atoms with Crippen LogP contribution in [0, 0.1) is 0 Å². The fourth-order valence-corrected chi connectivity index (χ4v) is 10.2. The van der Waals surface area contributed by atoms with Crippen molar-refractivity contribution in [2.24, 2.45) is 0 Å². The Labute approximate surface area is 383 Å². The van der Waals surface area contributed by atoms with Gasteiger partial charge >= 0.3 is 0 Å². The Balaban J connectivity index is 0.810. The lowest BCUT2D eigenvalue weighted by Crippen LogP contribution is -1.94. The van der Waals surface area contributed by atoms with E-state index in [9.17, 15) is 0 Å². The maximum Gasteiger partial charge on any atom is 0.0541 e. The molecule has 0 radical (unpaired) electrons. The van der Waals surface area contributed by atoms with Crippen molar-refractivity contribution in [1.29, 1.82) is 0 Å². The number of fused-ring (bicyclic) bond motifs is 7. The third kappa shape index (κ3) is 6.42. The van der Waals surface area contributed by atoms with Crippen LogP contribution in [0.2, 0.25) is 0 Å². The van der Waals surface area contributed by atoms with Gasteiger partial charge in [-0.2, -0.15) is 0 Å². The molecule has 0 amide bonds. The number of rotatable bonds is 7. The molecule has 2 nitrogen and oxygen atoms in total. The minimum atomic E-state index is 1.14. The van der Waals surface area contributed by atoms with Crippen LogP contribution in [-0.2, 0) is 0 Å². The molecule has 308 valence electrons. The lowest BCUT2D eigenvalue weighted by Gasteiger charge is -2.11. The van der Waals surface area contributed by atoms with E-state index in [-0.39, 0.29) is 0 Å². The van der Waals surface area contributed by atoms with E-state index in [1.165, 1.54) is 116 Å². The standard InChI is InChI=1S/C64H42N2/c1-2-12-43(13-3-1)48-16-10-18-50(38-48)51-19-11-17-49(39-51)47-26-24-45(25-27-47)46-28-33-55(34-29-46)65-61-22-8-6-20-57(61)59-41-53(31-36-63(59)65)54-32-37-64-60(42-54)58-21-7-9-23-62(58)66(64)56-35-30-44-14-4-5-15-52(44)40-56/h1-42H. The van der Waals surface area contributed by atoms with Crippen molar-refractivity contribution in [2.45, 2.75) is 0 Å². The van der Waals surface area contributed by atoms with Crippen molar-refractivity contribution in [2.75, 3.05) is 0 Å². The highest BCUT2D eigenvalue weighted by Crippen LogP contribution is 2.39. The van der Waals surface area contributed by atoms with E-state index in [4.69, 9.17) is 0 Å². The summed E-state index contributed by atoms with van der Waals surface area (Å²) in [6, 6.07) is 93.1. The van der Waals surface area contributed by atoms with Crippen molar-refractivity contribution in [1.82, 2.24) is 9.13 Å². The summed E-state index contributed by atoms with van der Waals surface area (Å²) in [5.74, 6) is 0. The second-order valence-electron chi connectivity index (χ2n) is 17.4. The van der Waals surface area contributed by atoms with Crippen molar-refractivity contribution < 1.29 is 0 Å². The van der Waals surface area contributed by atoms with Crippen LogP contribution in [0.5, 0.6) is 0 Å². The first-order valence-electron chi connectivity index (χ1n) is 22.7. The number of benzene rings is 11. The number of aromatic nitrogens is 2. The molecule has 0 aliphatic carbocycles. The Morgan fingerprint density at radius 3 is 1.12 bits per heavy atom. The van der Waals surface area contributed by atoms with Gasteiger partial charge in [-0.1, -0.05) is 182 Å². The zero-order valence-corrected chi connectivity index (χ0v) is 36.1. The predicted octanol–water partition coefficient (Wildman–Crippen LogP) is 17.4. The van der Waals surface area contributed by atoms with E-state index in [0.29, 0.717) is 0 Å². The van der Waals surface area contributed by atoms with Crippen LogP contribution >= 0.6 is 0 Å². The van der Waals surface area contributed by atoms with E-state index < -0.39 is 0 Å². The summed E-state index contributed by atoms with van der Waals surface area (Å²) < 4.78 is 4.82. The predicted molar refractivity (Wildman–Crippen MR) is 280 cm³/mol. The third-order valence-corrected chi connectivity index (χ3v) is 13.5. The molecule has 0 bridgehead atoms. The Hall–Kier alpha value is -8.72. The van der Waals surface area contributed by atoms with Gasteiger partial charge in [0.1, 0.15) is 0 Å². The second-order valence-corrected chi connectivity index (χ2v) is 17.4. The van der Waals surface area contributed by atoms with Crippen molar-refractivity contribution in [3.8, 4) is 67.0 Å². The molecule has 0 unspecified atom stereocenters. The molecule has 0 aliphatic heterocycles. The number of nitrogens with zero attached hydrogens (tertiary/aromatic N) is 2. The number of hydrogen-bond acceptors (Lipinski definition) is 0. The number of para-hydroxylation sites is 2. The molecule has 0 atom stereocenters. The summed E-state index contributed by atoms with van der Waals surface area (Å²) in [6.07, 6.45) is 0. The Bertz CT molecular complexity index is 3960. The van der Waals surface area contributed by atoms with Crippen molar-refractivity contribution in [3.05, 3.63) is 255 Å². The highest BCUT2D eigenvalue weighted by molar-refractivity contribution is 6.13. The third-order valence-electron chi connectivity index (χ3n) is 13.5. The topological polar surface area (TPSA) is 9.86 Å². The van der Waals surface area contributed by atoms with Gasteiger partial charge in [-0.3, -0.25) is 0 Å². The molecule has 2 heteroatoms. The fraction of sp³-hybridized carbons (Fsp3) is 0. The average molecular weight is 839 g/mol. The lowest BCUT2D eigenvalue weighted by atomic mass is 9.95. The van der Waals surface area contributed by atoms with Crippen LogP contribution in [0.1, 0.15) is 0 Å². The fourth-order valence-electron chi connectivity index (χ4n) is 10.2. The Kier molecular flexibility index (Phi) is 8.89. The normalized spacial score (nSPS) is 11.6.